The van der Waals surface area contributed by atoms with Crippen LogP contribution in [0.15, 0.2) is 76.2 Å². The van der Waals surface area contributed by atoms with Gasteiger partial charge in [-0.2, -0.15) is 0 Å². The van der Waals surface area contributed by atoms with E-state index in [-0.39, 0.29) is 5.91 Å². The van der Waals surface area contributed by atoms with Gasteiger partial charge < -0.3 is 14.2 Å². The maximum atomic E-state index is 12.4. The van der Waals surface area contributed by atoms with Crippen molar-refractivity contribution in [1.82, 2.24) is 9.97 Å². The lowest BCUT2D eigenvalue weighted by atomic mass is 10.1. The second-order valence-electron chi connectivity index (χ2n) is 5.72. The molecule has 2 aromatic heterocycles. The van der Waals surface area contributed by atoms with E-state index in [1.807, 2.05) is 36.4 Å². The van der Waals surface area contributed by atoms with E-state index < -0.39 is 0 Å². The highest BCUT2D eigenvalue weighted by molar-refractivity contribution is 6.04. The van der Waals surface area contributed by atoms with Crippen molar-refractivity contribution in [2.45, 2.75) is 6.92 Å². The number of hydrogen-bond acceptors (Lipinski definition) is 5. The predicted molar refractivity (Wildman–Crippen MR) is 96.6 cm³/mol. The lowest BCUT2D eigenvalue weighted by molar-refractivity contribution is 0.102. The van der Waals surface area contributed by atoms with E-state index in [0.717, 1.165) is 11.1 Å². The molecule has 0 saturated heterocycles. The third-order valence-electron chi connectivity index (χ3n) is 3.91. The zero-order chi connectivity index (χ0) is 17.9. The molecule has 128 valence electrons. The number of oxazole rings is 2. The van der Waals surface area contributed by atoms with Crippen molar-refractivity contribution in [3.8, 4) is 22.6 Å². The summed E-state index contributed by atoms with van der Waals surface area (Å²) < 4.78 is 10.7. The van der Waals surface area contributed by atoms with Crippen LogP contribution in [0, 0.1) is 6.92 Å². The number of hydrogen-bond donors (Lipinski definition) is 1. The molecule has 0 fully saturated rings. The molecule has 0 spiro atoms. The molecule has 6 nitrogen and oxygen atoms in total. The molecular weight excluding hydrogens is 330 g/mol. The van der Waals surface area contributed by atoms with Gasteiger partial charge in [0.1, 0.15) is 0 Å². The average molecular weight is 345 g/mol. The SMILES string of the molecule is Cc1ncc(-c2ccc(NC(=O)c3ccc(-c4cnco4)cc3)cc2)o1. The Morgan fingerprint density at radius 1 is 0.923 bits per heavy atom. The second-order valence-corrected chi connectivity index (χ2v) is 5.72. The lowest BCUT2D eigenvalue weighted by Crippen LogP contribution is -2.11. The van der Waals surface area contributed by atoms with Gasteiger partial charge >= 0.3 is 0 Å². The van der Waals surface area contributed by atoms with Gasteiger partial charge in [-0.05, 0) is 36.4 Å². The summed E-state index contributed by atoms with van der Waals surface area (Å²) in [6.07, 6.45) is 4.69. The van der Waals surface area contributed by atoms with Crippen molar-refractivity contribution in [1.29, 1.82) is 0 Å². The van der Waals surface area contributed by atoms with E-state index in [0.29, 0.717) is 28.7 Å². The lowest BCUT2D eigenvalue weighted by Gasteiger charge is -2.06. The highest BCUT2D eigenvalue weighted by Crippen LogP contribution is 2.23. The average Bonchev–Trinajstić information content (AvgIpc) is 3.34. The second kappa shape index (κ2) is 6.68. The number of aromatic nitrogens is 2. The van der Waals surface area contributed by atoms with Gasteiger partial charge in [0.2, 0.25) is 0 Å². The number of nitrogens with one attached hydrogen (secondary N) is 1. The molecular formula is C20H15N3O3. The van der Waals surface area contributed by atoms with E-state index in [9.17, 15) is 4.79 Å². The van der Waals surface area contributed by atoms with Gasteiger partial charge in [0.15, 0.2) is 23.8 Å². The van der Waals surface area contributed by atoms with E-state index >= 15 is 0 Å². The summed E-state index contributed by atoms with van der Waals surface area (Å²) in [5.41, 5.74) is 3.03. The van der Waals surface area contributed by atoms with Crippen molar-refractivity contribution in [2.24, 2.45) is 0 Å². The molecule has 0 atom stereocenters. The summed E-state index contributed by atoms with van der Waals surface area (Å²) >= 11 is 0. The van der Waals surface area contributed by atoms with Crippen molar-refractivity contribution in [2.75, 3.05) is 5.32 Å². The number of aryl methyl sites for hydroxylation is 1. The number of nitrogens with zero attached hydrogens (tertiary/aromatic N) is 2. The van der Waals surface area contributed by atoms with Gasteiger partial charge in [-0.25, -0.2) is 9.97 Å². The molecule has 4 aromatic rings. The summed E-state index contributed by atoms with van der Waals surface area (Å²) in [6, 6.07) is 14.6. The highest BCUT2D eigenvalue weighted by Gasteiger charge is 2.09. The minimum atomic E-state index is -0.183. The molecule has 0 saturated carbocycles. The summed E-state index contributed by atoms with van der Waals surface area (Å²) in [4.78, 5) is 20.4. The third-order valence-corrected chi connectivity index (χ3v) is 3.91. The first-order valence-electron chi connectivity index (χ1n) is 8.02. The summed E-state index contributed by atoms with van der Waals surface area (Å²) in [6.45, 7) is 1.80. The van der Waals surface area contributed by atoms with Gasteiger partial charge in [0.05, 0.1) is 12.4 Å². The smallest absolute Gasteiger partial charge is 0.255 e. The Kier molecular flexibility index (Phi) is 4.07. The van der Waals surface area contributed by atoms with Crippen LogP contribution in [-0.2, 0) is 0 Å². The summed E-state index contributed by atoms with van der Waals surface area (Å²) in [5, 5.41) is 2.88. The Bertz CT molecular complexity index is 1020. The Morgan fingerprint density at radius 2 is 1.62 bits per heavy atom. The van der Waals surface area contributed by atoms with Crippen LogP contribution < -0.4 is 5.32 Å². The first-order valence-corrected chi connectivity index (χ1v) is 8.02. The van der Waals surface area contributed by atoms with Crippen LogP contribution in [-0.4, -0.2) is 15.9 Å². The molecule has 0 bridgehead atoms. The van der Waals surface area contributed by atoms with Crippen molar-refractivity contribution < 1.29 is 13.6 Å². The van der Waals surface area contributed by atoms with E-state index in [1.54, 1.807) is 31.5 Å². The molecule has 6 heteroatoms. The molecule has 0 aliphatic carbocycles. The van der Waals surface area contributed by atoms with Crippen LogP contribution >= 0.6 is 0 Å². The zero-order valence-corrected chi connectivity index (χ0v) is 14.0. The number of benzene rings is 2. The molecule has 26 heavy (non-hydrogen) atoms. The molecule has 4 rings (SSSR count). The maximum absolute atomic E-state index is 12.4. The predicted octanol–water partition coefficient (Wildman–Crippen LogP) is 4.56. The third kappa shape index (κ3) is 3.25. The fraction of sp³-hybridized carbons (Fsp3) is 0.0500. The minimum absolute atomic E-state index is 0.183. The van der Waals surface area contributed by atoms with Crippen LogP contribution in [0.25, 0.3) is 22.6 Å². The molecule has 1 N–H and O–H groups in total. The summed E-state index contributed by atoms with van der Waals surface area (Å²) in [5.74, 6) is 1.79. The monoisotopic (exact) mass is 345 g/mol. The highest BCUT2D eigenvalue weighted by atomic mass is 16.4. The van der Waals surface area contributed by atoms with Crippen molar-refractivity contribution >= 4 is 11.6 Å². The normalized spacial score (nSPS) is 10.7. The van der Waals surface area contributed by atoms with Crippen molar-refractivity contribution in [3.05, 3.63) is 78.8 Å². The van der Waals surface area contributed by atoms with Crippen LogP contribution in [0.5, 0.6) is 0 Å². The van der Waals surface area contributed by atoms with Gasteiger partial charge in [-0.3, -0.25) is 4.79 Å². The number of carbonyl (C=O) groups excluding carboxylic acids is 1. The molecule has 0 aliphatic rings. The standard InChI is InChI=1S/C20H15N3O3/c1-13-22-11-19(26-13)15-6-8-17(9-7-15)23-20(24)16-4-2-14(3-5-16)18-10-21-12-25-18/h2-12H,1H3,(H,23,24). The van der Waals surface area contributed by atoms with Gasteiger partial charge in [-0.15, -0.1) is 0 Å². The van der Waals surface area contributed by atoms with Gasteiger partial charge in [-0.1, -0.05) is 12.1 Å². The van der Waals surface area contributed by atoms with E-state index in [1.165, 1.54) is 6.39 Å². The molecule has 1 amide bonds. The fourth-order valence-electron chi connectivity index (χ4n) is 2.56. The molecule has 2 heterocycles. The van der Waals surface area contributed by atoms with Crippen LogP contribution in [0.2, 0.25) is 0 Å². The number of anilines is 1. The quantitative estimate of drug-likeness (QED) is 0.586. The van der Waals surface area contributed by atoms with Gasteiger partial charge in [0.25, 0.3) is 5.91 Å². The number of carbonyl (C=O) groups is 1. The Labute approximate surface area is 149 Å². The molecule has 0 aliphatic heterocycles. The first-order chi connectivity index (χ1) is 12.7. The van der Waals surface area contributed by atoms with Crippen LogP contribution in [0.1, 0.15) is 16.2 Å². The topological polar surface area (TPSA) is 81.2 Å². The Balaban J connectivity index is 1.46. The van der Waals surface area contributed by atoms with Gasteiger partial charge in [0, 0.05) is 29.3 Å². The Hall–Kier alpha value is -3.67. The Morgan fingerprint density at radius 3 is 2.23 bits per heavy atom. The molecule has 2 aromatic carbocycles. The number of amides is 1. The molecule has 0 unspecified atom stereocenters. The first kappa shape index (κ1) is 15.8. The molecule has 0 radical (unpaired) electrons. The maximum Gasteiger partial charge on any atom is 0.255 e. The summed E-state index contributed by atoms with van der Waals surface area (Å²) in [7, 11) is 0. The fourth-order valence-corrected chi connectivity index (χ4v) is 2.56. The number of rotatable bonds is 4. The largest absolute Gasteiger partial charge is 0.444 e. The van der Waals surface area contributed by atoms with Crippen LogP contribution in [0.4, 0.5) is 5.69 Å². The van der Waals surface area contributed by atoms with E-state index in [4.69, 9.17) is 8.83 Å². The minimum Gasteiger partial charge on any atom is -0.444 e. The zero-order valence-electron chi connectivity index (χ0n) is 14.0. The van der Waals surface area contributed by atoms with Crippen LogP contribution in [0.3, 0.4) is 0 Å². The van der Waals surface area contributed by atoms with Crippen molar-refractivity contribution in [3.63, 3.8) is 0 Å². The van der Waals surface area contributed by atoms with E-state index in [2.05, 4.69) is 15.3 Å².